The fourth-order valence-corrected chi connectivity index (χ4v) is 1.98. The van der Waals surface area contributed by atoms with Gasteiger partial charge >= 0.3 is 0 Å². The first-order chi connectivity index (χ1) is 6.63. The molecule has 0 fully saturated rings. The molecule has 14 heavy (non-hydrogen) atoms. The van der Waals surface area contributed by atoms with Crippen molar-refractivity contribution < 1.29 is 4.74 Å². The highest BCUT2D eigenvalue weighted by Crippen LogP contribution is 2.29. The van der Waals surface area contributed by atoms with Crippen LogP contribution >= 0.6 is 12.6 Å². The average Bonchev–Trinajstić information content (AvgIpc) is 2.47. The average molecular weight is 208 g/mol. The fourth-order valence-electron chi connectivity index (χ4n) is 1.76. The maximum Gasteiger partial charge on any atom is 0.163 e. The van der Waals surface area contributed by atoms with Crippen molar-refractivity contribution in [2.45, 2.75) is 19.0 Å². The van der Waals surface area contributed by atoms with Crippen molar-refractivity contribution in [2.24, 2.45) is 0 Å². The van der Waals surface area contributed by atoms with Crippen molar-refractivity contribution in [1.82, 2.24) is 9.97 Å². The van der Waals surface area contributed by atoms with Crippen molar-refractivity contribution in [3.63, 3.8) is 0 Å². The Hall–Kier alpha value is -1.16. The normalized spacial score (nSPS) is 10.9. The molecule has 0 unspecified atom stereocenters. The second-order valence-electron chi connectivity index (χ2n) is 3.31. The topological polar surface area (TPSA) is 37.9 Å². The quantitative estimate of drug-likeness (QED) is 0.706. The number of hydrogen-bond acceptors (Lipinski definition) is 3. The molecule has 0 spiro atoms. The van der Waals surface area contributed by atoms with Crippen LogP contribution in [0, 0.1) is 13.8 Å². The predicted octanol–water partition coefficient (Wildman–Crippen LogP) is 2.48. The first kappa shape index (κ1) is 9.40. The number of H-pyrrole nitrogens is 1. The van der Waals surface area contributed by atoms with Gasteiger partial charge in [0.15, 0.2) is 5.16 Å². The lowest BCUT2D eigenvalue weighted by Gasteiger charge is -2.08. The van der Waals surface area contributed by atoms with E-state index in [0.717, 1.165) is 27.9 Å². The van der Waals surface area contributed by atoms with Crippen LogP contribution in [0.5, 0.6) is 5.75 Å². The van der Waals surface area contributed by atoms with Crippen LogP contribution in [0.2, 0.25) is 0 Å². The number of fused-ring (bicyclic) bond motifs is 1. The Morgan fingerprint density at radius 1 is 1.43 bits per heavy atom. The number of nitrogens with one attached hydrogen (secondary N) is 1. The Bertz CT molecular complexity index is 490. The van der Waals surface area contributed by atoms with Crippen LogP contribution in [0.25, 0.3) is 11.0 Å². The highest BCUT2D eigenvalue weighted by molar-refractivity contribution is 7.80. The zero-order valence-corrected chi connectivity index (χ0v) is 9.27. The van der Waals surface area contributed by atoms with E-state index in [9.17, 15) is 0 Å². The Morgan fingerprint density at radius 3 is 2.79 bits per heavy atom. The molecule has 0 aliphatic carbocycles. The van der Waals surface area contributed by atoms with Gasteiger partial charge in [-0.15, -0.1) is 12.6 Å². The van der Waals surface area contributed by atoms with Crippen molar-refractivity contribution in [2.75, 3.05) is 7.11 Å². The van der Waals surface area contributed by atoms with E-state index >= 15 is 0 Å². The van der Waals surface area contributed by atoms with E-state index in [4.69, 9.17) is 4.74 Å². The molecule has 0 atom stereocenters. The predicted molar refractivity (Wildman–Crippen MR) is 59.4 cm³/mol. The SMILES string of the molecule is COc1c(C)cc2[nH]c(S)nc2c1C. The summed E-state index contributed by atoms with van der Waals surface area (Å²) in [6, 6.07) is 2.02. The Labute approximate surface area is 87.9 Å². The van der Waals surface area contributed by atoms with Crippen LogP contribution in [-0.4, -0.2) is 17.1 Å². The summed E-state index contributed by atoms with van der Waals surface area (Å²) in [5, 5.41) is 0.635. The van der Waals surface area contributed by atoms with Gasteiger partial charge in [-0.05, 0) is 25.5 Å². The first-order valence-electron chi connectivity index (χ1n) is 4.36. The zero-order chi connectivity index (χ0) is 10.3. The molecule has 0 saturated heterocycles. The molecule has 74 valence electrons. The third kappa shape index (κ3) is 1.26. The molecule has 2 aromatic rings. The zero-order valence-electron chi connectivity index (χ0n) is 8.38. The molecule has 1 N–H and O–H groups in total. The molecule has 0 amide bonds. The summed E-state index contributed by atoms with van der Waals surface area (Å²) in [5.74, 6) is 0.900. The van der Waals surface area contributed by atoms with Crippen molar-refractivity contribution >= 4 is 23.7 Å². The lowest BCUT2D eigenvalue weighted by Crippen LogP contribution is -1.91. The van der Waals surface area contributed by atoms with Gasteiger partial charge in [-0.2, -0.15) is 0 Å². The summed E-state index contributed by atoms with van der Waals surface area (Å²) in [7, 11) is 1.68. The summed E-state index contributed by atoms with van der Waals surface area (Å²) in [4.78, 5) is 7.38. The van der Waals surface area contributed by atoms with Gasteiger partial charge in [0.2, 0.25) is 0 Å². The highest BCUT2D eigenvalue weighted by atomic mass is 32.1. The van der Waals surface area contributed by atoms with Crippen LogP contribution in [0.4, 0.5) is 0 Å². The highest BCUT2D eigenvalue weighted by Gasteiger charge is 2.10. The smallest absolute Gasteiger partial charge is 0.163 e. The molecule has 1 heterocycles. The number of imidazole rings is 1. The standard InChI is InChI=1S/C10H12N2OS/c1-5-4-7-8(12-10(14)11-7)6(2)9(5)13-3/h4H,1-3H3,(H2,11,12,14). The van der Waals surface area contributed by atoms with E-state index in [-0.39, 0.29) is 0 Å². The Morgan fingerprint density at radius 2 is 2.14 bits per heavy atom. The number of aryl methyl sites for hydroxylation is 2. The molecular weight excluding hydrogens is 196 g/mol. The van der Waals surface area contributed by atoms with Crippen LogP contribution in [0.1, 0.15) is 11.1 Å². The lowest BCUT2D eigenvalue weighted by atomic mass is 10.1. The van der Waals surface area contributed by atoms with Gasteiger partial charge in [-0.25, -0.2) is 4.98 Å². The van der Waals surface area contributed by atoms with Crippen LogP contribution in [-0.2, 0) is 0 Å². The van der Waals surface area contributed by atoms with Gasteiger partial charge in [0.25, 0.3) is 0 Å². The first-order valence-corrected chi connectivity index (χ1v) is 4.81. The maximum atomic E-state index is 5.31. The van der Waals surface area contributed by atoms with Gasteiger partial charge in [-0.1, -0.05) is 0 Å². The number of aromatic nitrogens is 2. The van der Waals surface area contributed by atoms with E-state index < -0.39 is 0 Å². The molecule has 1 aromatic heterocycles. The molecule has 0 bridgehead atoms. The Balaban J connectivity index is 2.84. The number of thiol groups is 1. The monoisotopic (exact) mass is 208 g/mol. The van der Waals surface area contributed by atoms with Crippen molar-refractivity contribution in [3.8, 4) is 5.75 Å². The second-order valence-corrected chi connectivity index (χ2v) is 3.73. The summed E-state index contributed by atoms with van der Waals surface area (Å²) >= 11 is 4.18. The summed E-state index contributed by atoms with van der Waals surface area (Å²) < 4.78 is 5.31. The van der Waals surface area contributed by atoms with Gasteiger partial charge in [0.1, 0.15) is 5.75 Å². The van der Waals surface area contributed by atoms with E-state index in [2.05, 4.69) is 22.6 Å². The number of methoxy groups -OCH3 is 1. The van der Waals surface area contributed by atoms with Gasteiger partial charge in [0, 0.05) is 5.56 Å². The number of benzene rings is 1. The van der Waals surface area contributed by atoms with Gasteiger partial charge < -0.3 is 9.72 Å². The van der Waals surface area contributed by atoms with Crippen molar-refractivity contribution in [1.29, 1.82) is 0 Å². The molecule has 3 nitrogen and oxygen atoms in total. The number of nitrogens with zero attached hydrogens (tertiary/aromatic N) is 1. The van der Waals surface area contributed by atoms with Crippen LogP contribution in [0.3, 0.4) is 0 Å². The molecule has 0 aliphatic heterocycles. The van der Waals surface area contributed by atoms with Gasteiger partial charge in [0.05, 0.1) is 18.1 Å². The maximum absolute atomic E-state index is 5.31. The summed E-state index contributed by atoms with van der Waals surface area (Å²) in [6.07, 6.45) is 0. The molecule has 0 aliphatic rings. The number of aromatic amines is 1. The fraction of sp³-hybridized carbons (Fsp3) is 0.300. The van der Waals surface area contributed by atoms with E-state index in [1.807, 2.05) is 19.9 Å². The number of hydrogen-bond donors (Lipinski definition) is 2. The molecule has 0 radical (unpaired) electrons. The third-order valence-corrected chi connectivity index (χ3v) is 2.55. The Kier molecular flexibility index (Phi) is 2.15. The van der Waals surface area contributed by atoms with Gasteiger partial charge in [-0.3, -0.25) is 0 Å². The van der Waals surface area contributed by atoms with Crippen LogP contribution in [0.15, 0.2) is 11.2 Å². The molecule has 1 aromatic carbocycles. The lowest BCUT2D eigenvalue weighted by molar-refractivity contribution is 0.409. The third-order valence-electron chi connectivity index (χ3n) is 2.34. The number of rotatable bonds is 1. The van der Waals surface area contributed by atoms with E-state index in [1.54, 1.807) is 7.11 Å². The largest absolute Gasteiger partial charge is 0.496 e. The molecule has 4 heteroatoms. The number of ether oxygens (including phenoxy) is 1. The minimum Gasteiger partial charge on any atom is -0.496 e. The summed E-state index contributed by atoms with van der Waals surface area (Å²) in [5.41, 5.74) is 4.09. The van der Waals surface area contributed by atoms with Crippen LogP contribution < -0.4 is 4.74 Å². The second kappa shape index (κ2) is 3.20. The minimum atomic E-state index is 0.635. The van der Waals surface area contributed by atoms with E-state index in [0.29, 0.717) is 5.16 Å². The minimum absolute atomic E-state index is 0.635. The molecule has 0 saturated carbocycles. The van der Waals surface area contributed by atoms with E-state index in [1.165, 1.54) is 0 Å². The summed E-state index contributed by atoms with van der Waals surface area (Å²) in [6.45, 7) is 4.02. The van der Waals surface area contributed by atoms with Crippen molar-refractivity contribution in [3.05, 3.63) is 17.2 Å². The molecule has 2 rings (SSSR count). The molecular formula is C10H12N2OS.